The van der Waals surface area contributed by atoms with Crippen molar-refractivity contribution >= 4 is 29.2 Å². The number of piperazine rings is 1. The van der Waals surface area contributed by atoms with Crippen molar-refractivity contribution in [1.29, 1.82) is 0 Å². The van der Waals surface area contributed by atoms with Gasteiger partial charge in [0.1, 0.15) is 11.6 Å². The Labute approximate surface area is 173 Å². The summed E-state index contributed by atoms with van der Waals surface area (Å²) in [5, 5.41) is 0.0539. The Morgan fingerprint density at radius 1 is 1.10 bits per heavy atom. The van der Waals surface area contributed by atoms with E-state index in [0.717, 1.165) is 11.8 Å². The van der Waals surface area contributed by atoms with E-state index in [2.05, 4.69) is 4.90 Å². The second-order valence-electron chi connectivity index (χ2n) is 6.64. The van der Waals surface area contributed by atoms with Crippen molar-refractivity contribution in [1.82, 2.24) is 4.90 Å². The smallest absolute Gasteiger partial charge is 0.344 e. The van der Waals surface area contributed by atoms with Crippen LogP contribution < -0.4 is 9.64 Å². The third-order valence-electron chi connectivity index (χ3n) is 4.61. The molecule has 0 radical (unpaired) electrons. The molecule has 1 saturated heterocycles. The molecule has 2 aromatic rings. The molecule has 29 heavy (non-hydrogen) atoms. The maximum Gasteiger partial charge on any atom is 0.344 e. The average molecular weight is 421 g/mol. The van der Waals surface area contributed by atoms with E-state index in [-0.39, 0.29) is 16.7 Å². The van der Waals surface area contributed by atoms with E-state index < -0.39 is 24.5 Å². The summed E-state index contributed by atoms with van der Waals surface area (Å²) in [4.78, 5) is 28.5. The van der Waals surface area contributed by atoms with Crippen LogP contribution >= 0.6 is 11.6 Å². The monoisotopic (exact) mass is 420 g/mol. The van der Waals surface area contributed by atoms with E-state index >= 15 is 0 Å². The molecule has 0 aliphatic carbocycles. The molecule has 0 bridgehead atoms. The maximum atomic E-state index is 13.0. The minimum absolute atomic E-state index is 0.0539. The molecule has 0 aromatic heterocycles. The molecule has 2 aromatic carbocycles. The molecule has 0 unspecified atom stereocenters. The van der Waals surface area contributed by atoms with Crippen LogP contribution in [0.3, 0.4) is 0 Å². The summed E-state index contributed by atoms with van der Waals surface area (Å²) >= 11 is 5.84. The number of carbonyl (C=O) groups excluding carboxylic acids is 2. The van der Waals surface area contributed by atoms with Crippen LogP contribution in [-0.4, -0.2) is 55.7 Å². The van der Waals surface area contributed by atoms with Gasteiger partial charge in [-0.2, -0.15) is 0 Å². The van der Waals surface area contributed by atoms with Gasteiger partial charge in [-0.3, -0.25) is 4.79 Å². The number of hydrogen-bond acceptors (Lipinski definition) is 5. The highest BCUT2D eigenvalue weighted by Crippen LogP contribution is 2.24. The molecule has 0 spiro atoms. The minimum Gasteiger partial charge on any atom is -0.480 e. The largest absolute Gasteiger partial charge is 0.480 e. The zero-order valence-electron chi connectivity index (χ0n) is 16.0. The molecule has 154 valence electrons. The number of ether oxygens (including phenoxy) is 2. The fourth-order valence-corrected chi connectivity index (χ4v) is 3.31. The predicted molar refractivity (Wildman–Crippen MR) is 108 cm³/mol. The molecule has 1 amide bonds. The first kappa shape index (κ1) is 20.9. The Morgan fingerprint density at radius 3 is 2.45 bits per heavy atom. The molecule has 6 nitrogen and oxygen atoms in total. The molecular weight excluding hydrogens is 399 g/mol. The summed E-state index contributed by atoms with van der Waals surface area (Å²) in [7, 11) is 0. The number of hydrogen-bond donors (Lipinski definition) is 0. The Balaban J connectivity index is 1.44. The maximum absolute atomic E-state index is 13.0. The van der Waals surface area contributed by atoms with Gasteiger partial charge >= 0.3 is 5.97 Å². The summed E-state index contributed by atoms with van der Waals surface area (Å²) < 4.78 is 23.4. The van der Waals surface area contributed by atoms with Crippen molar-refractivity contribution in [3.8, 4) is 5.75 Å². The highest BCUT2D eigenvalue weighted by molar-refractivity contribution is 6.32. The molecule has 0 saturated carbocycles. The number of carbonyl (C=O) groups is 2. The lowest BCUT2D eigenvalue weighted by atomic mass is 10.2. The van der Waals surface area contributed by atoms with Crippen LogP contribution in [0.2, 0.25) is 5.02 Å². The first-order valence-corrected chi connectivity index (χ1v) is 9.68. The molecule has 1 atom stereocenters. The number of halogens is 2. The molecule has 8 heteroatoms. The van der Waals surface area contributed by atoms with Crippen LogP contribution in [0.15, 0.2) is 48.5 Å². The van der Waals surface area contributed by atoms with Crippen LogP contribution in [0.4, 0.5) is 10.1 Å². The van der Waals surface area contributed by atoms with Crippen molar-refractivity contribution in [2.75, 3.05) is 37.7 Å². The number of para-hydroxylation sites is 1. The number of benzene rings is 2. The topological polar surface area (TPSA) is 59.1 Å². The fourth-order valence-electron chi connectivity index (χ4n) is 3.09. The van der Waals surface area contributed by atoms with E-state index in [1.807, 2.05) is 30.3 Å². The summed E-state index contributed by atoms with van der Waals surface area (Å²) in [6.07, 6.45) is -0.918. The van der Waals surface area contributed by atoms with Gasteiger partial charge in [0.2, 0.25) is 0 Å². The number of nitrogens with zero attached hydrogens (tertiary/aromatic N) is 2. The molecule has 1 fully saturated rings. The van der Waals surface area contributed by atoms with E-state index in [1.54, 1.807) is 4.90 Å². The van der Waals surface area contributed by atoms with Crippen LogP contribution in [-0.2, 0) is 14.3 Å². The van der Waals surface area contributed by atoms with Gasteiger partial charge in [0.25, 0.3) is 5.91 Å². The molecule has 1 aliphatic rings. The lowest BCUT2D eigenvalue weighted by molar-refractivity contribution is -0.160. The van der Waals surface area contributed by atoms with Gasteiger partial charge in [-0.1, -0.05) is 29.8 Å². The van der Waals surface area contributed by atoms with E-state index in [9.17, 15) is 14.0 Å². The van der Waals surface area contributed by atoms with Gasteiger partial charge < -0.3 is 19.3 Å². The van der Waals surface area contributed by atoms with Crippen molar-refractivity contribution in [2.45, 2.75) is 13.0 Å². The summed E-state index contributed by atoms with van der Waals surface area (Å²) in [6.45, 7) is 3.64. The Hall–Kier alpha value is -2.80. The predicted octanol–water partition coefficient (Wildman–Crippen LogP) is 3.14. The minimum atomic E-state index is -0.918. The number of amides is 1. The quantitative estimate of drug-likeness (QED) is 0.672. The van der Waals surface area contributed by atoms with E-state index in [4.69, 9.17) is 21.1 Å². The first-order chi connectivity index (χ1) is 13.9. The molecule has 3 rings (SSSR count). The fraction of sp³-hybridized carbons (Fsp3) is 0.333. The molecular formula is C21H22ClFN2O4. The highest BCUT2D eigenvalue weighted by Gasteiger charge is 2.27. The average Bonchev–Trinajstić information content (AvgIpc) is 2.73. The van der Waals surface area contributed by atoms with Gasteiger partial charge in [0, 0.05) is 31.9 Å². The Bertz CT molecular complexity index is 857. The van der Waals surface area contributed by atoms with Gasteiger partial charge in [-0.05, 0) is 37.3 Å². The van der Waals surface area contributed by atoms with E-state index in [1.165, 1.54) is 19.1 Å². The van der Waals surface area contributed by atoms with Crippen LogP contribution in [0, 0.1) is 5.82 Å². The molecule has 1 heterocycles. The van der Waals surface area contributed by atoms with Crippen LogP contribution in [0.5, 0.6) is 5.75 Å². The van der Waals surface area contributed by atoms with Crippen LogP contribution in [0.25, 0.3) is 0 Å². The standard InChI is InChI=1S/C21H22ClFN2O4/c1-15(29-20(26)14-28-19-8-7-16(23)13-18(19)22)21(27)25-11-9-24(10-12-25)17-5-3-2-4-6-17/h2-8,13,15H,9-12,14H2,1H3/t15-/m1/s1. The second-order valence-corrected chi connectivity index (χ2v) is 7.05. The zero-order chi connectivity index (χ0) is 20.8. The van der Waals surface area contributed by atoms with Crippen molar-refractivity contribution in [2.24, 2.45) is 0 Å². The first-order valence-electron chi connectivity index (χ1n) is 9.30. The van der Waals surface area contributed by atoms with Crippen molar-refractivity contribution < 1.29 is 23.5 Å². The summed E-state index contributed by atoms with van der Waals surface area (Å²) in [5.41, 5.74) is 1.12. The number of esters is 1. The molecule has 1 aliphatic heterocycles. The third kappa shape index (κ3) is 5.60. The van der Waals surface area contributed by atoms with Gasteiger partial charge in [-0.15, -0.1) is 0 Å². The summed E-state index contributed by atoms with van der Waals surface area (Å²) in [5.74, 6) is -1.28. The van der Waals surface area contributed by atoms with Crippen molar-refractivity contribution in [3.05, 3.63) is 59.4 Å². The third-order valence-corrected chi connectivity index (χ3v) is 4.90. The van der Waals surface area contributed by atoms with Gasteiger partial charge in [-0.25, -0.2) is 9.18 Å². The highest BCUT2D eigenvalue weighted by atomic mass is 35.5. The lowest BCUT2D eigenvalue weighted by Crippen LogP contribution is -2.51. The van der Waals surface area contributed by atoms with Crippen molar-refractivity contribution in [3.63, 3.8) is 0 Å². The Kier molecular flexibility index (Phi) is 6.93. The Morgan fingerprint density at radius 2 is 1.79 bits per heavy atom. The zero-order valence-corrected chi connectivity index (χ0v) is 16.8. The number of rotatable bonds is 6. The van der Waals surface area contributed by atoms with E-state index in [0.29, 0.717) is 26.2 Å². The SMILES string of the molecule is C[C@@H](OC(=O)COc1ccc(F)cc1Cl)C(=O)N1CCN(c2ccccc2)CC1. The normalized spacial score (nSPS) is 15.0. The lowest BCUT2D eigenvalue weighted by Gasteiger charge is -2.37. The summed E-state index contributed by atoms with van der Waals surface area (Å²) in [6, 6.07) is 13.6. The second kappa shape index (κ2) is 9.60. The molecule has 0 N–H and O–H groups in total. The number of anilines is 1. The van der Waals surface area contributed by atoms with Gasteiger partial charge in [0.05, 0.1) is 5.02 Å². The van der Waals surface area contributed by atoms with Crippen LogP contribution in [0.1, 0.15) is 6.92 Å². The van der Waals surface area contributed by atoms with Gasteiger partial charge in [0.15, 0.2) is 12.7 Å².